The second kappa shape index (κ2) is 5.27. The molecule has 0 aromatic heterocycles. The van der Waals surface area contributed by atoms with E-state index < -0.39 is 0 Å². The van der Waals surface area contributed by atoms with Gasteiger partial charge in [0.1, 0.15) is 5.82 Å². The summed E-state index contributed by atoms with van der Waals surface area (Å²) in [6.07, 6.45) is 1.10. The van der Waals surface area contributed by atoms with E-state index in [1.807, 2.05) is 6.07 Å². The zero-order valence-corrected chi connectivity index (χ0v) is 9.21. The van der Waals surface area contributed by atoms with Crippen LogP contribution in [0.4, 0.5) is 10.1 Å². The highest BCUT2D eigenvalue weighted by molar-refractivity contribution is 5.47. The van der Waals surface area contributed by atoms with Gasteiger partial charge in [0.05, 0.1) is 12.3 Å². The summed E-state index contributed by atoms with van der Waals surface area (Å²) in [6.45, 7) is 3.19. The normalized spacial score (nSPS) is 20.2. The maximum Gasteiger partial charge on any atom is 0.146 e. The van der Waals surface area contributed by atoms with Crippen molar-refractivity contribution in [2.24, 2.45) is 5.92 Å². The van der Waals surface area contributed by atoms with Crippen molar-refractivity contribution in [3.63, 3.8) is 0 Å². The Bertz CT molecular complexity index is 351. The van der Waals surface area contributed by atoms with Crippen molar-refractivity contribution in [2.75, 3.05) is 25.5 Å². The number of hydrogen-bond donors (Lipinski definition) is 2. The quantitative estimate of drug-likeness (QED) is 0.762. The van der Waals surface area contributed by atoms with Crippen molar-refractivity contribution in [3.05, 3.63) is 29.6 Å². The maximum atomic E-state index is 13.1. The summed E-state index contributed by atoms with van der Waals surface area (Å²) in [5, 5.41) is 3.28. The average molecular weight is 224 g/mol. The van der Waals surface area contributed by atoms with Gasteiger partial charge in [0.15, 0.2) is 0 Å². The molecule has 3 N–H and O–H groups in total. The van der Waals surface area contributed by atoms with Crippen molar-refractivity contribution < 1.29 is 9.13 Å². The van der Waals surface area contributed by atoms with E-state index in [9.17, 15) is 4.39 Å². The third-order valence-electron chi connectivity index (χ3n) is 2.92. The highest BCUT2D eigenvalue weighted by Crippen LogP contribution is 2.16. The van der Waals surface area contributed by atoms with E-state index in [0.717, 1.165) is 31.7 Å². The lowest BCUT2D eigenvalue weighted by Crippen LogP contribution is -2.23. The molecule has 1 unspecified atom stereocenters. The highest BCUT2D eigenvalue weighted by Gasteiger charge is 2.14. The molecule has 1 fully saturated rings. The van der Waals surface area contributed by atoms with E-state index >= 15 is 0 Å². The molecule has 0 spiro atoms. The number of hydrogen-bond acceptors (Lipinski definition) is 3. The van der Waals surface area contributed by atoms with Crippen LogP contribution in [0.5, 0.6) is 0 Å². The van der Waals surface area contributed by atoms with Gasteiger partial charge >= 0.3 is 0 Å². The minimum atomic E-state index is -0.344. The number of ether oxygens (including phenoxy) is 1. The largest absolute Gasteiger partial charge is 0.396 e. The van der Waals surface area contributed by atoms with Gasteiger partial charge in [-0.25, -0.2) is 4.39 Å². The van der Waals surface area contributed by atoms with Crippen LogP contribution in [0.3, 0.4) is 0 Å². The van der Waals surface area contributed by atoms with Crippen LogP contribution in [0.1, 0.15) is 12.0 Å². The fraction of sp³-hybridized carbons (Fsp3) is 0.500. The van der Waals surface area contributed by atoms with Crippen LogP contribution < -0.4 is 11.1 Å². The van der Waals surface area contributed by atoms with Gasteiger partial charge in [-0.1, -0.05) is 12.1 Å². The summed E-state index contributed by atoms with van der Waals surface area (Å²) >= 11 is 0. The van der Waals surface area contributed by atoms with Crippen LogP contribution in [0.15, 0.2) is 18.2 Å². The lowest BCUT2D eigenvalue weighted by atomic mass is 10.1. The smallest absolute Gasteiger partial charge is 0.146 e. The molecule has 0 bridgehead atoms. The van der Waals surface area contributed by atoms with E-state index in [1.54, 1.807) is 6.07 Å². The number of nitrogens with two attached hydrogens (primary N) is 1. The van der Waals surface area contributed by atoms with E-state index in [1.165, 1.54) is 6.07 Å². The number of anilines is 1. The molecule has 3 nitrogen and oxygen atoms in total. The topological polar surface area (TPSA) is 47.3 Å². The Morgan fingerprint density at radius 1 is 1.50 bits per heavy atom. The van der Waals surface area contributed by atoms with Crippen LogP contribution in [0, 0.1) is 11.7 Å². The first-order chi connectivity index (χ1) is 7.77. The first kappa shape index (κ1) is 11.4. The Morgan fingerprint density at radius 2 is 2.38 bits per heavy atom. The Hall–Kier alpha value is -1.13. The molecule has 1 heterocycles. The number of para-hydroxylation sites is 1. The molecule has 0 aliphatic carbocycles. The van der Waals surface area contributed by atoms with Gasteiger partial charge in [-0.2, -0.15) is 0 Å². The summed E-state index contributed by atoms with van der Waals surface area (Å²) in [5.41, 5.74) is 6.70. The van der Waals surface area contributed by atoms with E-state index in [4.69, 9.17) is 10.5 Å². The van der Waals surface area contributed by atoms with Crippen molar-refractivity contribution in [2.45, 2.75) is 13.0 Å². The van der Waals surface area contributed by atoms with Crippen molar-refractivity contribution in [1.82, 2.24) is 5.32 Å². The molecule has 0 saturated carbocycles. The molecule has 1 aromatic rings. The minimum Gasteiger partial charge on any atom is -0.396 e. The Balaban J connectivity index is 1.82. The van der Waals surface area contributed by atoms with Crippen LogP contribution >= 0.6 is 0 Å². The summed E-state index contributed by atoms with van der Waals surface area (Å²) in [5.74, 6) is 0.235. The number of nitrogens with one attached hydrogen (secondary N) is 1. The lowest BCUT2D eigenvalue weighted by Gasteiger charge is -2.11. The van der Waals surface area contributed by atoms with Crippen molar-refractivity contribution in [3.8, 4) is 0 Å². The van der Waals surface area contributed by atoms with Crippen LogP contribution in [-0.4, -0.2) is 19.8 Å². The molecular formula is C12H17FN2O. The molecule has 1 saturated heterocycles. The van der Waals surface area contributed by atoms with Crippen LogP contribution in [-0.2, 0) is 11.3 Å². The molecule has 4 heteroatoms. The van der Waals surface area contributed by atoms with Gasteiger partial charge in [-0.3, -0.25) is 0 Å². The summed E-state index contributed by atoms with van der Waals surface area (Å²) in [7, 11) is 0. The molecule has 88 valence electrons. The molecule has 1 aromatic carbocycles. The van der Waals surface area contributed by atoms with Gasteiger partial charge in [0.25, 0.3) is 0 Å². The van der Waals surface area contributed by atoms with Gasteiger partial charge in [-0.15, -0.1) is 0 Å². The fourth-order valence-corrected chi connectivity index (χ4v) is 1.89. The molecule has 1 aliphatic rings. The lowest BCUT2D eigenvalue weighted by molar-refractivity contribution is 0.185. The van der Waals surface area contributed by atoms with Gasteiger partial charge in [0, 0.05) is 19.7 Å². The maximum absolute atomic E-state index is 13.1. The third-order valence-corrected chi connectivity index (χ3v) is 2.92. The van der Waals surface area contributed by atoms with Gasteiger partial charge in [0.2, 0.25) is 0 Å². The van der Waals surface area contributed by atoms with E-state index in [-0.39, 0.29) is 11.5 Å². The standard InChI is InChI=1S/C12H17FN2O/c13-11-3-1-2-10(12(11)14)7-15-6-9-4-5-16-8-9/h1-3,9,15H,4-8,14H2. The Morgan fingerprint density at radius 3 is 3.12 bits per heavy atom. The highest BCUT2D eigenvalue weighted by atomic mass is 19.1. The predicted molar refractivity (Wildman–Crippen MR) is 61.4 cm³/mol. The zero-order valence-electron chi connectivity index (χ0n) is 9.21. The average Bonchev–Trinajstić information content (AvgIpc) is 2.77. The number of halogens is 1. The van der Waals surface area contributed by atoms with Crippen molar-refractivity contribution in [1.29, 1.82) is 0 Å². The fourth-order valence-electron chi connectivity index (χ4n) is 1.89. The zero-order chi connectivity index (χ0) is 11.4. The molecule has 1 aliphatic heterocycles. The number of nitrogen functional groups attached to an aromatic ring is 1. The monoisotopic (exact) mass is 224 g/mol. The molecular weight excluding hydrogens is 207 g/mol. The number of rotatable bonds is 4. The van der Waals surface area contributed by atoms with Crippen LogP contribution in [0.2, 0.25) is 0 Å². The summed E-state index contributed by atoms with van der Waals surface area (Å²) in [4.78, 5) is 0. The molecule has 0 amide bonds. The SMILES string of the molecule is Nc1c(F)cccc1CNCC1CCOC1. The number of benzene rings is 1. The molecule has 2 rings (SSSR count). The molecule has 1 atom stereocenters. The summed E-state index contributed by atoms with van der Waals surface area (Å²) < 4.78 is 18.4. The van der Waals surface area contributed by atoms with E-state index in [2.05, 4.69) is 5.32 Å². The second-order valence-corrected chi connectivity index (χ2v) is 4.17. The first-order valence-electron chi connectivity index (χ1n) is 5.58. The van der Waals surface area contributed by atoms with Gasteiger partial charge in [-0.05, 0) is 24.0 Å². The Labute approximate surface area is 94.8 Å². The molecule has 0 radical (unpaired) electrons. The predicted octanol–water partition coefficient (Wildman–Crippen LogP) is 1.53. The molecule has 16 heavy (non-hydrogen) atoms. The van der Waals surface area contributed by atoms with Crippen molar-refractivity contribution >= 4 is 5.69 Å². The summed E-state index contributed by atoms with van der Waals surface area (Å²) in [6, 6.07) is 4.90. The van der Waals surface area contributed by atoms with Gasteiger partial charge < -0.3 is 15.8 Å². The minimum absolute atomic E-state index is 0.248. The first-order valence-corrected chi connectivity index (χ1v) is 5.58. The van der Waals surface area contributed by atoms with Crippen LogP contribution in [0.25, 0.3) is 0 Å². The second-order valence-electron chi connectivity index (χ2n) is 4.17. The van der Waals surface area contributed by atoms with E-state index in [0.29, 0.717) is 12.5 Å². The third kappa shape index (κ3) is 2.71. The Kier molecular flexibility index (Phi) is 3.74.